The van der Waals surface area contributed by atoms with E-state index in [0.29, 0.717) is 17.9 Å². The van der Waals surface area contributed by atoms with Crippen molar-refractivity contribution in [3.63, 3.8) is 0 Å². The van der Waals surface area contributed by atoms with Gasteiger partial charge in [-0.25, -0.2) is 4.98 Å². The molecule has 0 saturated heterocycles. The van der Waals surface area contributed by atoms with E-state index in [-0.39, 0.29) is 5.91 Å². The van der Waals surface area contributed by atoms with Crippen molar-refractivity contribution in [2.45, 2.75) is 6.54 Å². The Labute approximate surface area is 150 Å². The molecule has 0 atom stereocenters. The number of carbonyl (C=O) groups is 1. The molecule has 1 aromatic carbocycles. The van der Waals surface area contributed by atoms with Crippen LogP contribution in [0.4, 0.5) is 0 Å². The van der Waals surface area contributed by atoms with Crippen LogP contribution in [0.5, 0.6) is 0 Å². The van der Waals surface area contributed by atoms with Crippen molar-refractivity contribution in [2.75, 3.05) is 13.6 Å². The number of benzene rings is 1. The summed E-state index contributed by atoms with van der Waals surface area (Å²) in [6, 6.07) is 13.8. The van der Waals surface area contributed by atoms with Gasteiger partial charge in [0.15, 0.2) is 0 Å². The molecule has 0 bridgehead atoms. The third kappa shape index (κ3) is 3.06. The zero-order chi connectivity index (χ0) is 17.9. The summed E-state index contributed by atoms with van der Waals surface area (Å²) in [5, 5.41) is 8.73. The average Bonchev–Trinajstić information content (AvgIpc) is 3.36. The molecule has 3 aromatic heterocycles. The SMILES string of the molecule is CN(CCn1ccc2ccccc21)C(=O)c1ccnc(-n2cnnc2)c1. The van der Waals surface area contributed by atoms with E-state index in [1.165, 1.54) is 10.9 Å². The van der Waals surface area contributed by atoms with Crippen molar-refractivity contribution in [1.82, 2.24) is 29.2 Å². The average molecular weight is 346 g/mol. The normalized spacial score (nSPS) is 11.0. The highest BCUT2D eigenvalue weighted by atomic mass is 16.2. The lowest BCUT2D eigenvalue weighted by Crippen LogP contribution is -2.30. The van der Waals surface area contributed by atoms with Crippen LogP contribution in [-0.4, -0.2) is 48.7 Å². The number of rotatable bonds is 5. The van der Waals surface area contributed by atoms with Crippen LogP contribution in [0.15, 0.2) is 67.5 Å². The lowest BCUT2D eigenvalue weighted by molar-refractivity contribution is 0.0790. The van der Waals surface area contributed by atoms with Crippen LogP contribution in [0.1, 0.15) is 10.4 Å². The van der Waals surface area contributed by atoms with Gasteiger partial charge in [-0.15, -0.1) is 10.2 Å². The van der Waals surface area contributed by atoms with Crippen molar-refractivity contribution in [1.29, 1.82) is 0 Å². The molecule has 0 N–H and O–H groups in total. The van der Waals surface area contributed by atoms with Gasteiger partial charge in [-0.1, -0.05) is 18.2 Å². The number of para-hydroxylation sites is 1. The summed E-state index contributed by atoms with van der Waals surface area (Å²) < 4.78 is 3.83. The summed E-state index contributed by atoms with van der Waals surface area (Å²) in [5.41, 5.74) is 1.76. The summed E-state index contributed by atoms with van der Waals surface area (Å²) in [5.74, 6) is 0.573. The number of hydrogen-bond acceptors (Lipinski definition) is 4. The molecular formula is C19H18N6O. The van der Waals surface area contributed by atoms with E-state index in [1.54, 1.807) is 40.5 Å². The molecule has 0 unspecified atom stereocenters. The molecule has 0 aliphatic carbocycles. The van der Waals surface area contributed by atoms with Crippen molar-refractivity contribution in [3.05, 3.63) is 73.1 Å². The molecule has 0 aliphatic rings. The monoisotopic (exact) mass is 346 g/mol. The van der Waals surface area contributed by atoms with E-state index in [9.17, 15) is 4.79 Å². The Kier molecular flexibility index (Phi) is 4.18. The minimum Gasteiger partial charge on any atom is -0.346 e. The summed E-state index contributed by atoms with van der Waals surface area (Å²) >= 11 is 0. The van der Waals surface area contributed by atoms with Gasteiger partial charge in [0.1, 0.15) is 18.5 Å². The van der Waals surface area contributed by atoms with E-state index in [1.807, 2.05) is 19.2 Å². The second-order valence-electron chi connectivity index (χ2n) is 6.07. The highest BCUT2D eigenvalue weighted by molar-refractivity contribution is 5.94. The van der Waals surface area contributed by atoms with Crippen LogP contribution in [0.2, 0.25) is 0 Å². The van der Waals surface area contributed by atoms with Crippen molar-refractivity contribution >= 4 is 16.8 Å². The fourth-order valence-corrected chi connectivity index (χ4v) is 2.93. The van der Waals surface area contributed by atoms with E-state index < -0.39 is 0 Å². The number of amides is 1. The fourth-order valence-electron chi connectivity index (χ4n) is 2.93. The predicted octanol–water partition coefficient (Wildman–Crippen LogP) is 2.39. The first-order valence-corrected chi connectivity index (χ1v) is 8.33. The number of aromatic nitrogens is 5. The zero-order valence-electron chi connectivity index (χ0n) is 14.4. The molecule has 0 spiro atoms. The second kappa shape index (κ2) is 6.79. The Morgan fingerprint density at radius 3 is 2.77 bits per heavy atom. The van der Waals surface area contributed by atoms with Gasteiger partial charge in [0.2, 0.25) is 0 Å². The highest BCUT2D eigenvalue weighted by Crippen LogP contribution is 2.15. The smallest absolute Gasteiger partial charge is 0.253 e. The van der Waals surface area contributed by atoms with Gasteiger partial charge in [-0.3, -0.25) is 9.36 Å². The molecular weight excluding hydrogens is 328 g/mol. The molecule has 0 radical (unpaired) electrons. The lowest BCUT2D eigenvalue weighted by Gasteiger charge is -2.18. The van der Waals surface area contributed by atoms with Gasteiger partial charge in [0, 0.05) is 43.6 Å². The van der Waals surface area contributed by atoms with Gasteiger partial charge in [-0.05, 0) is 29.7 Å². The number of hydrogen-bond donors (Lipinski definition) is 0. The van der Waals surface area contributed by atoms with Gasteiger partial charge in [0.05, 0.1) is 0 Å². The summed E-state index contributed by atoms with van der Waals surface area (Å²) in [6.07, 6.45) is 6.78. The molecule has 0 aliphatic heterocycles. The standard InChI is InChI=1S/C19H18N6O/c1-23(10-11-24-9-7-15-4-2-3-5-17(15)24)19(26)16-6-8-20-18(12-16)25-13-21-22-14-25/h2-9,12-14H,10-11H2,1H3. The first-order chi connectivity index (χ1) is 12.7. The van der Waals surface area contributed by atoms with Crippen molar-refractivity contribution in [3.8, 4) is 5.82 Å². The van der Waals surface area contributed by atoms with Gasteiger partial charge in [-0.2, -0.15) is 0 Å². The third-order valence-electron chi connectivity index (χ3n) is 4.38. The molecule has 0 saturated carbocycles. The topological polar surface area (TPSA) is 68.8 Å². The molecule has 3 heterocycles. The number of carbonyl (C=O) groups excluding carboxylic acids is 1. The highest BCUT2D eigenvalue weighted by Gasteiger charge is 2.13. The largest absolute Gasteiger partial charge is 0.346 e. The molecule has 0 fully saturated rings. The van der Waals surface area contributed by atoms with Gasteiger partial charge in [0.25, 0.3) is 5.91 Å². The Bertz CT molecular complexity index is 1040. The molecule has 7 nitrogen and oxygen atoms in total. The fraction of sp³-hybridized carbons (Fsp3) is 0.158. The van der Waals surface area contributed by atoms with Crippen molar-refractivity contribution in [2.24, 2.45) is 0 Å². The van der Waals surface area contributed by atoms with Crippen molar-refractivity contribution < 1.29 is 4.79 Å². The molecule has 26 heavy (non-hydrogen) atoms. The number of likely N-dealkylation sites (N-methyl/N-ethyl adjacent to an activating group) is 1. The maximum Gasteiger partial charge on any atom is 0.253 e. The molecule has 4 rings (SSSR count). The van der Waals surface area contributed by atoms with Crippen LogP contribution < -0.4 is 0 Å². The van der Waals surface area contributed by atoms with Gasteiger partial charge >= 0.3 is 0 Å². The van der Waals surface area contributed by atoms with E-state index >= 15 is 0 Å². The number of fused-ring (bicyclic) bond motifs is 1. The maximum absolute atomic E-state index is 12.7. The molecule has 4 aromatic rings. The van der Waals surface area contributed by atoms with Gasteiger partial charge < -0.3 is 9.47 Å². The van der Waals surface area contributed by atoms with Crippen LogP contribution in [0.25, 0.3) is 16.7 Å². The van der Waals surface area contributed by atoms with Crippen LogP contribution >= 0.6 is 0 Å². The first kappa shape index (κ1) is 16.0. The van der Waals surface area contributed by atoms with E-state index in [4.69, 9.17) is 0 Å². The maximum atomic E-state index is 12.7. The molecule has 130 valence electrons. The Morgan fingerprint density at radius 2 is 1.92 bits per heavy atom. The van der Waals surface area contributed by atoms with Crippen LogP contribution in [0, 0.1) is 0 Å². The minimum atomic E-state index is -0.0433. The van der Waals surface area contributed by atoms with E-state index in [0.717, 1.165) is 6.54 Å². The second-order valence-corrected chi connectivity index (χ2v) is 6.07. The predicted molar refractivity (Wildman–Crippen MR) is 98.1 cm³/mol. The number of pyridine rings is 1. The molecule has 7 heteroatoms. The Balaban J connectivity index is 1.47. The lowest BCUT2D eigenvalue weighted by atomic mass is 10.2. The quantitative estimate of drug-likeness (QED) is 0.556. The summed E-state index contributed by atoms with van der Waals surface area (Å²) in [6.45, 7) is 1.35. The Morgan fingerprint density at radius 1 is 1.12 bits per heavy atom. The van der Waals surface area contributed by atoms with Crippen LogP contribution in [-0.2, 0) is 6.54 Å². The summed E-state index contributed by atoms with van der Waals surface area (Å²) in [4.78, 5) is 18.7. The number of nitrogens with zero attached hydrogens (tertiary/aromatic N) is 6. The third-order valence-corrected chi connectivity index (χ3v) is 4.38. The summed E-state index contributed by atoms with van der Waals surface area (Å²) in [7, 11) is 1.81. The minimum absolute atomic E-state index is 0.0433. The first-order valence-electron chi connectivity index (χ1n) is 8.33. The zero-order valence-corrected chi connectivity index (χ0v) is 14.4. The van der Waals surface area contributed by atoms with E-state index in [2.05, 4.69) is 44.1 Å². The Hall–Kier alpha value is -3.48. The van der Waals surface area contributed by atoms with Crippen LogP contribution in [0.3, 0.4) is 0 Å². The molecule has 1 amide bonds.